The molecule has 0 spiro atoms. The molecule has 0 aromatic carbocycles. The zero-order valence-electron chi connectivity index (χ0n) is 13.5. The zero-order valence-corrected chi connectivity index (χ0v) is 13.5. The van der Waals surface area contributed by atoms with Crippen LogP contribution in [0.2, 0.25) is 0 Å². The summed E-state index contributed by atoms with van der Waals surface area (Å²) in [6.45, 7) is 8.65. The summed E-state index contributed by atoms with van der Waals surface area (Å²) in [6, 6.07) is 1.97. The van der Waals surface area contributed by atoms with Crippen LogP contribution in [0.1, 0.15) is 55.6 Å². The van der Waals surface area contributed by atoms with E-state index in [1.165, 1.54) is 19.3 Å². The topological polar surface area (TPSA) is 45.2 Å². The summed E-state index contributed by atoms with van der Waals surface area (Å²) in [4.78, 5) is 19.1. The van der Waals surface area contributed by atoms with E-state index < -0.39 is 0 Å². The second-order valence-electron chi connectivity index (χ2n) is 5.94. The first-order chi connectivity index (χ1) is 10.2. The van der Waals surface area contributed by atoms with Crippen LogP contribution in [0, 0.1) is 12.8 Å². The molecular weight excluding hydrogens is 262 g/mol. The molecule has 21 heavy (non-hydrogen) atoms. The highest BCUT2D eigenvalue weighted by Crippen LogP contribution is 2.28. The number of carbonyl (C=O) groups is 1. The molecule has 1 saturated carbocycles. The van der Waals surface area contributed by atoms with Gasteiger partial charge in [-0.15, -0.1) is 0 Å². The Kier molecular flexibility index (Phi) is 5.59. The van der Waals surface area contributed by atoms with E-state index in [0.717, 1.165) is 37.4 Å². The Balaban J connectivity index is 2.15. The predicted molar refractivity (Wildman–Crippen MR) is 86.7 cm³/mol. The lowest BCUT2D eigenvalue weighted by atomic mass is 9.85. The minimum atomic E-state index is 0.107. The van der Waals surface area contributed by atoms with Gasteiger partial charge in [-0.2, -0.15) is 0 Å². The van der Waals surface area contributed by atoms with E-state index in [1.54, 1.807) is 6.20 Å². The van der Waals surface area contributed by atoms with E-state index in [0.29, 0.717) is 11.5 Å². The van der Waals surface area contributed by atoms with Gasteiger partial charge in [0.2, 0.25) is 0 Å². The van der Waals surface area contributed by atoms with Crippen molar-refractivity contribution in [1.82, 2.24) is 9.88 Å². The lowest BCUT2D eigenvalue weighted by molar-refractivity contribution is 0.0707. The molecule has 0 atom stereocenters. The first kappa shape index (κ1) is 15.8. The van der Waals surface area contributed by atoms with Gasteiger partial charge in [0.1, 0.15) is 0 Å². The molecule has 1 fully saturated rings. The third-order valence-corrected chi connectivity index (χ3v) is 4.21. The number of carbonyl (C=O) groups excluding carboxylic acids is 1. The van der Waals surface area contributed by atoms with Crippen LogP contribution in [0.15, 0.2) is 12.3 Å². The molecule has 0 radical (unpaired) electrons. The molecule has 1 aliphatic carbocycles. The van der Waals surface area contributed by atoms with Gasteiger partial charge >= 0.3 is 0 Å². The number of pyridine rings is 1. The van der Waals surface area contributed by atoms with E-state index in [4.69, 9.17) is 0 Å². The average molecular weight is 289 g/mol. The molecule has 4 heteroatoms. The summed E-state index contributed by atoms with van der Waals surface area (Å²) in [5.41, 5.74) is 2.56. The zero-order chi connectivity index (χ0) is 15.2. The molecule has 0 aliphatic heterocycles. The van der Waals surface area contributed by atoms with E-state index in [2.05, 4.69) is 24.1 Å². The minimum absolute atomic E-state index is 0.107. The monoisotopic (exact) mass is 289 g/mol. The summed E-state index contributed by atoms with van der Waals surface area (Å²) in [5.74, 6) is 0.801. The van der Waals surface area contributed by atoms with Crippen LogP contribution in [0.5, 0.6) is 0 Å². The molecule has 4 nitrogen and oxygen atoms in total. The van der Waals surface area contributed by atoms with Crippen molar-refractivity contribution in [3.63, 3.8) is 0 Å². The molecule has 0 bridgehead atoms. The van der Waals surface area contributed by atoms with Crippen LogP contribution >= 0.6 is 0 Å². The molecule has 1 heterocycles. The highest BCUT2D eigenvalue weighted by atomic mass is 16.2. The SMILES string of the molecule is CCCNc1cc(C)ncc1C(=O)N(CC)CC1CCC1. The van der Waals surface area contributed by atoms with Crippen LogP contribution in [0.25, 0.3) is 0 Å². The quantitative estimate of drug-likeness (QED) is 0.836. The fourth-order valence-corrected chi connectivity index (χ4v) is 2.65. The average Bonchev–Trinajstić information content (AvgIpc) is 2.43. The number of hydrogen-bond donors (Lipinski definition) is 1. The van der Waals surface area contributed by atoms with Gasteiger partial charge < -0.3 is 10.2 Å². The smallest absolute Gasteiger partial charge is 0.257 e. The second-order valence-corrected chi connectivity index (χ2v) is 5.94. The molecular formula is C17H27N3O. The van der Waals surface area contributed by atoms with Crippen molar-refractivity contribution in [1.29, 1.82) is 0 Å². The van der Waals surface area contributed by atoms with Crippen LogP contribution in [-0.4, -0.2) is 35.4 Å². The maximum absolute atomic E-state index is 12.8. The number of nitrogens with one attached hydrogen (secondary N) is 1. The lowest BCUT2D eigenvalue weighted by Crippen LogP contribution is -2.37. The van der Waals surface area contributed by atoms with E-state index >= 15 is 0 Å². The fourth-order valence-electron chi connectivity index (χ4n) is 2.65. The summed E-state index contributed by atoms with van der Waals surface area (Å²) in [5, 5.41) is 3.36. The van der Waals surface area contributed by atoms with Crippen molar-refractivity contribution < 1.29 is 4.79 Å². The Morgan fingerprint density at radius 1 is 1.43 bits per heavy atom. The minimum Gasteiger partial charge on any atom is -0.384 e. The standard InChI is InChI=1S/C17H27N3O/c1-4-9-18-16-10-13(3)19-11-15(16)17(21)20(5-2)12-14-7-6-8-14/h10-11,14H,4-9,12H2,1-3H3,(H,18,19). The molecule has 1 aromatic rings. The fraction of sp³-hybridized carbons (Fsp3) is 0.647. The largest absolute Gasteiger partial charge is 0.384 e. The van der Waals surface area contributed by atoms with E-state index in [9.17, 15) is 4.79 Å². The van der Waals surface area contributed by atoms with Gasteiger partial charge in [0.15, 0.2) is 0 Å². The van der Waals surface area contributed by atoms with Gasteiger partial charge in [-0.05, 0) is 45.1 Å². The molecule has 1 amide bonds. The van der Waals surface area contributed by atoms with Crippen molar-refractivity contribution in [3.8, 4) is 0 Å². The van der Waals surface area contributed by atoms with Gasteiger partial charge in [-0.3, -0.25) is 9.78 Å². The second kappa shape index (κ2) is 7.43. The van der Waals surface area contributed by atoms with E-state index in [-0.39, 0.29) is 5.91 Å². The summed E-state index contributed by atoms with van der Waals surface area (Å²) in [6.07, 6.45) is 6.59. The van der Waals surface area contributed by atoms with Crippen molar-refractivity contribution in [2.75, 3.05) is 25.0 Å². The number of hydrogen-bond acceptors (Lipinski definition) is 3. The molecule has 1 aliphatic rings. The maximum atomic E-state index is 12.8. The summed E-state index contributed by atoms with van der Waals surface area (Å²) >= 11 is 0. The van der Waals surface area contributed by atoms with Crippen molar-refractivity contribution in [2.45, 2.75) is 46.5 Å². The number of amides is 1. The Morgan fingerprint density at radius 3 is 2.76 bits per heavy atom. The van der Waals surface area contributed by atoms with Gasteiger partial charge in [-0.25, -0.2) is 0 Å². The molecule has 1 aromatic heterocycles. The normalized spacial score (nSPS) is 14.6. The molecule has 2 rings (SSSR count). The molecule has 0 unspecified atom stereocenters. The third-order valence-electron chi connectivity index (χ3n) is 4.21. The number of aryl methyl sites for hydroxylation is 1. The van der Waals surface area contributed by atoms with Crippen molar-refractivity contribution in [2.24, 2.45) is 5.92 Å². The van der Waals surface area contributed by atoms with Crippen LogP contribution in [0.3, 0.4) is 0 Å². The first-order valence-electron chi connectivity index (χ1n) is 8.15. The predicted octanol–water partition coefficient (Wildman–Crippen LogP) is 3.47. The van der Waals surface area contributed by atoms with Gasteiger partial charge in [-0.1, -0.05) is 13.3 Å². The molecule has 1 N–H and O–H groups in total. The Labute approximate surface area is 127 Å². The van der Waals surface area contributed by atoms with E-state index in [1.807, 2.05) is 17.9 Å². The number of anilines is 1. The first-order valence-corrected chi connectivity index (χ1v) is 8.15. The molecule has 0 saturated heterocycles. The summed E-state index contributed by atoms with van der Waals surface area (Å²) < 4.78 is 0. The van der Waals surface area contributed by atoms with Crippen molar-refractivity contribution in [3.05, 3.63) is 23.5 Å². The molecule has 116 valence electrons. The van der Waals surface area contributed by atoms with Crippen LogP contribution < -0.4 is 5.32 Å². The number of aromatic nitrogens is 1. The number of nitrogens with zero attached hydrogens (tertiary/aromatic N) is 2. The van der Waals surface area contributed by atoms with Gasteiger partial charge in [0.25, 0.3) is 5.91 Å². The van der Waals surface area contributed by atoms with Crippen LogP contribution in [0.4, 0.5) is 5.69 Å². The number of rotatable bonds is 7. The Morgan fingerprint density at radius 2 is 2.19 bits per heavy atom. The highest BCUT2D eigenvalue weighted by molar-refractivity contribution is 5.99. The summed E-state index contributed by atoms with van der Waals surface area (Å²) in [7, 11) is 0. The van der Waals surface area contributed by atoms with Gasteiger partial charge in [0, 0.05) is 31.5 Å². The highest BCUT2D eigenvalue weighted by Gasteiger charge is 2.24. The maximum Gasteiger partial charge on any atom is 0.257 e. The van der Waals surface area contributed by atoms with Crippen molar-refractivity contribution >= 4 is 11.6 Å². The van der Waals surface area contributed by atoms with Crippen LogP contribution in [-0.2, 0) is 0 Å². The van der Waals surface area contributed by atoms with Gasteiger partial charge in [0.05, 0.1) is 11.3 Å². The third kappa shape index (κ3) is 3.96. The Hall–Kier alpha value is -1.58. The lowest BCUT2D eigenvalue weighted by Gasteiger charge is -2.32. The Bertz CT molecular complexity index is 483.